The first kappa shape index (κ1) is 12.6. The molecule has 0 unspecified atom stereocenters. The minimum atomic E-state index is 0.338. The van der Waals surface area contributed by atoms with Gasteiger partial charge in [0.1, 0.15) is 5.75 Å². The van der Waals surface area contributed by atoms with Gasteiger partial charge < -0.3 is 10.0 Å². The van der Waals surface area contributed by atoms with Crippen molar-refractivity contribution >= 4 is 28.1 Å². The van der Waals surface area contributed by atoms with Crippen LogP contribution >= 0.6 is 11.6 Å². The van der Waals surface area contributed by atoms with Gasteiger partial charge in [-0.3, -0.25) is 0 Å². The van der Waals surface area contributed by atoms with Gasteiger partial charge in [0.05, 0.1) is 0 Å². The van der Waals surface area contributed by atoms with Crippen LogP contribution in [0.1, 0.15) is 22.6 Å². The third-order valence-corrected chi connectivity index (χ3v) is 4.57. The topological polar surface area (TPSA) is 23.5 Å². The summed E-state index contributed by atoms with van der Waals surface area (Å²) in [5.74, 6) is 1.33. The Morgan fingerprint density at radius 3 is 2.53 bits per heavy atom. The quantitative estimate of drug-likeness (QED) is 0.797. The highest BCUT2D eigenvalue weighted by Crippen LogP contribution is 2.46. The molecule has 0 amide bonds. The van der Waals surface area contributed by atoms with Gasteiger partial charge in [-0.2, -0.15) is 0 Å². The third-order valence-electron chi connectivity index (χ3n) is 4.20. The number of hydrogen-bond acceptors (Lipinski definition) is 2. The lowest BCUT2D eigenvalue weighted by Gasteiger charge is -2.16. The minimum absolute atomic E-state index is 0.338. The normalized spacial score (nSPS) is 18.1. The minimum Gasteiger partial charge on any atom is -0.507 e. The smallest absolute Gasteiger partial charge is 0.125 e. The molecule has 2 aromatic rings. The molecule has 0 spiro atoms. The molecule has 0 saturated carbocycles. The van der Waals surface area contributed by atoms with Crippen LogP contribution < -0.4 is 4.90 Å². The second-order valence-electron chi connectivity index (χ2n) is 5.51. The fourth-order valence-corrected chi connectivity index (χ4v) is 3.52. The second-order valence-corrected chi connectivity index (χ2v) is 5.82. The number of alkyl halides is 1. The molecule has 2 nitrogen and oxygen atoms in total. The Hall–Kier alpha value is -1.41. The molecular weight excluding hydrogens is 258 g/mol. The Bertz CT molecular complexity index is 666. The molecule has 0 aromatic heterocycles. The highest BCUT2D eigenvalue weighted by Gasteiger charge is 2.30. The summed E-state index contributed by atoms with van der Waals surface area (Å²) in [5.41, 5.74) is 4.73. The molecular formula is C16H18ClNO. The number of nitrogens with zero attached hydrogens (tertiary/aromatic N) is 1. The van der Waals surface area contributed by atoms with Crippen LogP contribution in [0.2, 0.25) is 0 Å². The lowest BCUT2D eigenvalue weighted by molar-refractivity contribution is 0.481. The number of aryl methyl sites for hydroxylation is 2. The van der Waals surface area contributed by atoms with Crippen LogP contribution in [0.4, 0.5) is 5.69 Å². The summed E-state index contributed by atoms with van der Waals surface area (Å²) in [5, 5.41) is 12.5. The summed E-state index contributed by atoms with van der Waals surface area (Å²) in [6.07, 6.45) is 0. The second kappa shape index (κ2) is 4.31. The summed E-state index contributed by atoms with van der Waals surface area (Å²) in [7, 11) is 2.06. The maximum Gasteiger partial charge on any atom is 0.125 e. The molecule has 3 rings (SSSR count). The van der Waals surface area contributed by atoms with Crippen molar-refractivity contribution in [3.8, 4) is 5.75 Å². The average molecular weight is 276 g/mol. The Kier molecular flexibility index (Phi) is 2.86. The monoisotopic (exact) mass is 275 g/mol. The van der Waals surface area contributed by atoms with Crippen LogP contribution in [0.5, 0.6) is 5.75 Å². The molecule has 19 heavy (non-hydrogen) atoms. The molecule has 1 atom stereocenters. The van der Waals surface area contributed by atoms with E-state index in [1.54, 1.807) is 0 Å². The zero-order chi connectivity index (χ0) is 13.7. The number of benzene rings is 2. The number of rotatable bonds is 1. The number of anilines is 1. The van der Waals surface area contributed by atoms with Crippen LogP contribution in [-0.4, -0.2) is 24.6 Å². The Labute approximate surface area is 118 Å². The highest BCUT2D eigenvalue weighted by molar-refractivity contribution is 6.19. The molecule has 0 bridgehead atoms. The number of phenols is 1. The van der Waals surface area contributed by atoms with Gasteiger partial charge >= 0.3 is 0 Å². The first-order valence-corrected chi connectivity index (χ1v) is 7.11. The first-order valence-electron chi connectivity index (χ1n) is 6.57. The van der Waals surface area contributed by atoms with Gasteiger partial charge in [0.2, 0.25) is 0 Å². The molecule has 0 fully saturated rings. The van der Waals surface area contributed by atoms with Gasteiger partial charge in [0.25, 0.3) is 0 Å². The average Bonchev–Trinajstić information content (AvgIpc) is 2.70. The number of aromatic hydroxyl groups is 1. The van der Waals surface area contributed by atoms with Crippen LogP contribution in [0, 0.1) is 13.8 Å². The Balaban J connectivity index is 2.48. The van der Waals surface area contributed by atoms with Crippen LogP contribution in [0.25, 0.3) is 10.8 Å². The van der Waals surface area contributed by atoms with Crippen molar-refractivity contribution in [2.75, 3.05) is 24.4 Å². The van der Waals surface area contributed by atoms with Gasteiger partial charge in [-0.1, -0.05) is 12.1 Å². The van der Waals surface area contributed by atoms with Gasteiger partial charge in [0.15, 0.2) is 0 Å². The molecule has 0 aliphatic carbocycles. The molecule has 1 heterocycles. The lowest BCUT2D eigenvalue weighted by atomic mass is 9.90. The van der Waals surface area contributed by atoms with E-state index in [-0.39, 0.29) is 0 Å². The van der Waals surface area contributed by atoms with Gasteiger partial charge in [0, 0.05) is 42.5 Å². The standard InChI is InChI=1S/C16H18ClNO/c1-9-4-5-10(2)15-14(9)13(19)6-12-16(15)11(7-17)8-18(12)3/h4-6,11,19H,7-8H2,1-3H3/t11-/m1/s1. The van der Waals surface area contributed by atoms with E-state index in [9.17, 15) is 5.11 Å². The zero-order valence-electron chi connectivity index (χ0n) is 11.5. The maximum absolute atomic E-state index is 10.4. The van der Waals surface area contributed by atoms with E-state index in [2.05, 4.69) is 31.0 Å². The molecule has 1 aliphatic heterocycles. The number of phenolic OH excluding ortho intramolecular Hbond substituents is 1. The summed E-state index contributed by atoms with van der Waals surface area (Å²) in [6.45, 7) is 5.07. The zero-order valence-corrected chi connectivity index (χ0v) is 12.3. The van der Waals surface area contributed by atoms with Crippen LogP contribution in [0.15, 0.2) is 18.2 Å². The molecule has 3 heteroatoms. The predicted octanol–water partition coefficient (Wildman–Crippen LogP) is 3.93. The van der Waals surface area contributed by atoms with E-state index >= 15 is 0 Å². The van der Waals surface area contributed by atoms with Crippen molar-refractivity contribution in [3.05, 3.63) is 34.9 Å². The van der Waals surface area contributed by atoms with Gasteiger partial charge in [-0.25, -0.2) is 0 Å². The van der Waals surface area contributed by atoms with Gasteiger partial charge in [-0.05, 0) is 35.9 Å². The SMILES string of the molecule is Cc1ccc(C)c2c3c(cc(O)c12)N(C)C[C@H]3CCl. The summed E-state index contributed by atoms with van der Waals surface area (Å²) >= 11 is 6.14. The first-order chi connectivity index (χ1) is 9.04. The molecule has 2 aromatic carbocycles. The van der Waals surface area contributed by atoms with E-state index in [1.807, 2.05) is 13.0 Å². The largest absolute Gasteiger partial charge is 0.507 e. The van der Waals surface area contributed by atoms with E-state index in [4.69, 9.17) is 11.6 Å². The summed E-state index contributed by atoms with van der Waals surface area (Å²) < 4.78 is 0. The number of hydrogen-bond donors (Lipinski definition) is 1. The van der Waals surface area contributed by atoms with E-state index < -0.39 is 0 Å². The molecule has 0 saturated heterocycles. The van der Waals surface area contributed by atoms with Gasteiger partial charge in [-0.15, -0.1) is 11.6 Å². The third kappa shape index (κ3) is 1.70. The maximum atomic E-state index is 10.4. The molecule has 100 valence electrons. The fraction of sp³-hybridized carbons (Fsp3) is 0.375. The number of fused-ring (bicyclic) bond motifs is 3. The molecule has 1 aliphatic rings. The van der Waals surface area contributed by atoms with Crippen molar-refractivity contribution in [1.29, 1.82) is 0 Å². The number of likely N-dealkylation sites (N-methyl/N-ethyl adjacent to an activating group) is 1. The van der Waals surface area contributed by atoms with E-state index in [0.717, 1.165) is 23.2 Å². The number of halogens is 1. The Morgan fingerprint density at radius 1 is 1.26 bits per heavy atom. The van der Waals surface area contributed by atoms with Crippen molar-refractivity contribution in [1.82, 2.24) is 0 Å². The van der Waals surface area contributed by atoms with E-state index in [0.29, 0.717) is 17.5 Å². The Morgan fingerprint density at radius 2 is 1.89 bits per heavy atom. The fourth-order valence-electron chi connectivity index (χ4n) is 3.27. The van der Waals surface area contributed by atoms with E-state index in [1.165, 1.54) is 16.5 Å². The summed E-state index contributed by atoms with van der Waals surface area (Å²) in [4.78, 5) is 2.18. The van der Waals surface area contributed by atoms with Crippen molar-refractivity contribution in [2.24, 2.45) is 0 Å². The van der Waals surface area contributed by atoms with Crippen molar-refractivity contribution in [2.45, 2.75) is 19.8 Å². The predicted molar refractivity (Wildman–Crippen MR) is 81.8 cm³/mol. The highest BCUT2D eigenvalue weighted by atomic mass is 35.5. The van der Waals surface area contributed by atoms with Crippen molar-refractivity contribution < 1.29 is 5.11 Å². The van der Waals surface area contributed by atoms with Crippen LogP contribution in [-0.2, 0) is 0 Å². The van der Waals surface area contributed by atoms with Crippen molar-refractivity contribution in [3.63, 3.8) is 0 Å². The molecule has 0 radical (unpaired) electrons. The lowest BCUT2D eigenvalue weighted by Crippen LogP contribution is -2.15. The summed E-state index contributed by atoms with van der Waals surface area (Å²) in [6, 6.07) is 6.08. The molecule has 1 N–H and O–H groups in total. The van der Waals surface area contributed by atoms with Crippen LogP contribution in [0.3, 0.4) is 0 Å².